The summed E-state index contributed by atoms with van der Waals surface area (Å²) in [5.74, 6) is 0.819. The van der Waals surface area contributed by atoms with Gasteiger partial charge in [0.25, 0.3) is 0 Å². The largest absolute Gasteiger partial charge is 0.361 e. The number of rotatable bonds is 4. The fraction of sp³-hybridized carbons (Fsp3) is 0.393. The molecule has 11 heteroatoms. The van der Waals surface area contributed by atoms with Crippen LogP contribution in [0.2, 0.25) is 5.02 Å². The summed E-state index contributed by atoms with van der Waals surface area (Å²) in [7, 11) is -0.708. The van der Waals surface area contributed by atoms with Crippen LogP contribution in [0, 0.1) is 19.7 Å². The van der Waals surface area contributed by atoms with E-state index in [1.54, 1.807) is 17.2 Å². The zero-order chi connectivity index (χ0) is 27.7. The van der Waals surface area contributed by atoms with Crippen LogP contribution >= 0.6 is 11.6 Å². The van der Waals surface area contributed by atoms with Crippen LogP contribution in [0.15, 0.2) is 40.9 Å². The third-order valence-corrected chi connectivity index (χ3v) is 8.60. The lowest BCUT2D eigenvalue weighted by molar-refractivity contribution is -0.120. The number of carbonyl (C=O) groups excluding carboxylic acids is 1. The van der Waals surface area contributed by atoms with Crippen molar-refractivity contribution in [3.8, 4) is 11.1 Å². The first-order valence-corrected chi connectivity index (χ1v) is 14.9. The van der Waals surface area contributed by atoms with E-state index in [2.05, 4.69) is 10.1 Å². The number of halogens is 2. The minimum atomic E-state index is -0.708. The highest BCUT2D eigenvalue weighted by Crippen LogP contribution is 2.37. The number of aromatic nitrogens is 3. The Balaban J connectivity index is 0.000000332. The van der Waals surface area contributed by atoms with E-state index in [9.17, 15) is 13.4 Å². The fourth-order valence-electron chi connectivity index (χ4n) is 5.27. The van der Waals surface area contributed by atoms with Crippen molar-refractivity contribution >= 4 is 45.2 Å². The lowest BCUT2D eigenvalue weighted by Crippen LogP contribution is -2.38. The molecule has 2 fully saturated rings. The van der Waals surface area contributed by atoms with Gasteiger partial charge in [-0.25, -0.2) is 17.9 Å². The molecule has 0 aliphatic carbocycles. The van der Waals surface area contributed by atoms with Crippen LogP contribution in [0.25, 0.3) is 22.2 Å². The number of aryl methyl sites for hydroxylation is 2. The Morgan fingerprint density at radius 1 is 1.13 bits per heavy atom. The molecule has 2 saturated heterocycles. The van der Waals surface area contributed by atoms with Crippen LogP contribution in [0.5, 0.6) is 0 Å². The number of amides is 1. The Bertz CT molecular complexity index is 1510. The number of hydrogen-bond acceptors (Lipinski definition) is 5. The number of carbonyl (C=O) groups is 1. The summed E-state index contributed by atoms with van der Waals surface area (Å²) in [6.45, 7) is 5.85. The number of aromatic amines is 1. The molecule has 4 aromatic rings. The van der Waals surface area contributed by atoms with E-state index < -0.39 is 16.8 Å². The predicted octanol–water partition coefficient (Wildman–Crippen LogP) is 6.26. The van der Waals surface area contributed by atoms with Crippen LogP contribution in [0.4, 0.5) is 10.1 Å². The number of anilines is 1. The van der Waals surface area contributed by atoms with Crippen LogP contribution < -0.4 is 4.90 Å². The van der Waals surface area contributed by atoms with Gasteiger partial charge in [-0.05, 0) is 75.4 Å². The van der Waals surface area contributed by atoms with E-state index in [-0.39, 0.29) is 17.0 Å². The Labute approximate surface area is 234 Å². The molecule has 0 bridgehead atoms. The first-order chi connectivity index (χ1) is 18.7. The van der Waals surface area contributed by atoms with Crippen molar-refractivity contribution in [3.63, 3.8) is 0 Å². The number of H-pyrrole nitrogens is 1. The van der Waals surface area contributed by atoms with Crippen molar-refractivity contribution in [2.45, 2.75) is 52.0 Å². The average Bonchev–Trinajstić information content (AvgIpc) is 3.66. The van der Waals surface area contributed by atoms with E-state index in [0.29, 0.717) is 17.9 Å². The Kier molecular flexibility index (Phi) is 8.16. The monoisotopic (exact) mass is 571 g/mol. The van der Waals surface area contributed by atoms with Crippen molar-refractivity contribution in [1.82, 2.24) is 19.4 Å². The van der Waals surface area contributed by atoms with Crippen LogP contribution in [-0.4, -0.2) is 48.9 Å². The molecule has 6 rings (SSSR count). The molecule has 0 spiro atoms. The van der Waals surface area contributed by atoms with Gasteiger partial charge in [0.15, 0.2) is 0 Å². The second-order valence-electron chi connectivity index (χ2n) is 9.88. The van der Waals surface area contributed by atoms with Gasteiger partial charge in [-0.3, -0.25) is 4.79 Å². The lowest BCUT2D eigenvalue weighted by Gasteiger charge is -2.34. The van der Waals surface area contributed by atoms with Crippen LogP contribution in [-0.2, 0) is 15.8 Å². The second kappa shape index (κ2) is 11.6. The molecule has 2 aliphatic rings. The summed E-state index contributed by atoms with van der Waals surface area (Å²) in [5.41, 5.74) is 4.90. The number of imidazole rings is 1. The highest BCUT2D eigenvalue weighted by molar-refractivity contribution is 7.81. The van der Waals surface area contributed by atoms with E-state index in [1.165, 1.54) is 25.0 Å². The molecule has 2 aromatic heterocycles. The maximum atomic E-state index is 14.1. The van der Waals surface area contributed by atoms with Gasteiger partial charge in [0.2, 0.25) is 5.91 Å². The normalized spacial score (nSPS) is 18.8. The summed E-state index contributed by atoms with van der Waals surface area (Å²) in [6, 6.07) is 10.1. The summed E-state index contributed by atoms with van der Waals surface area (Å²) >= 11 is 5.83. The third-order valence-electron chi connectivity index (χ3n) is 7.20. The van der Waals surface area contributed by atoms with Crippen molar-refractivity contribution in [2.75, 3.05) is 24.2 Å². The number of fused-ring (bicyclic) bond motifs is 1. The molecule has 2 atom stereocenters. The van der Waals surface area contributed by atoms with Crippen molar-refractivity contribution in [3.05, 3.63) is 64.5 Å². The molecule has 4 heterocycles. The number of nitrogens with one attached hydrogen (secondary N) is 1. The zero-order valence-corrected chi connectivity index (χ0v) is 23.7. The minimum Gasteiger partial charge on any atom is -0.361 e. The third kappa shape index (κ3) is 5.78. The van der Waals surface area contributed by atoms with Crippen molar-refractivity contribution in [2.24, 2.45) is 0 Å². The smallest absolute Gasteiger partial charge is 0.227 e. The predicted molar refractivity (Wildman–Crippen MR) is 151 cm³/mol. The van der Waals surface area contributed by atoms with Crippen molar-refractivity contribution < 1.29 is 17.9 Å². The quantitative estimate of drug-likeness (QED) is 0.312. The van der Waals surface area contributed by atoms with Gasteiger partial charge in [0.1, 0.15) is 17.4 Å². The highest BCUT2D eigenvalue weighted by Gasteiger charge is 2.33. The Hall–Kier alpha value is -3.08. The molecule has 206 valence electrons. The van der Waals surface area contributed by atoms with E-state index in [1.807, 2.05) is 36.4 Å². The number of piperidine rings is 1. The zero-order valence-electron chi connectivity index (χ0n) is 22.2. The minimum absolute atomic E-state index is 0.0281. The molecule has 1 unspecified atom stereocenters. The molecule has 2 aromatic carbocycles. The highest BCUT2D eigenvalue weighted by atomic mass is 35.5. The summed E-state index contributed by atoms with van der Waals surface area (Å²) in [5, 5.41) is 4.06. The first-order valence-electron chi connectivity index (χ1n) is 13.0. The van der Waals surface area contributed by atoms with Gasteiger partial charge in [-0.15, -0.1) is 0 Å². The SMILES string of the molecule is CS(=O)N1CCCC1.Cc1noc(C)c1-c1ccc2nc([C@@H]3CCCC(=O)N3c3ccc(Cl)c(F)c3)[nH]c2c1. The van der Waals surface area contributed by atoms with E-state index in [0.717, 1.165) is 59.5 Å². The molecule has 39 heavy (non-hydrogen) atoms. The Morgan fingerprint density at radius 2 is 1.90 bits per heavy atom. The molecule has 8 nitrogen and oxygen atoms in total. The molecular formula is C28H31ClFN5O3S. The van der Waals surface area contributed by atoms with Crippen LogP contribution in [0.1, 0.15) is 55.4 Å². The Morgan fingerprint density at radius 3 is 2.54 bits per heavy atom. The number of nitrogens with zero attached hydrogens (tertiary/aromatic N) is 4. The van der Waals surface area contributed by atoms with Gasteiger partial charge in [0.05, 0.1) is 38.8 Å². The van der Waals surface area contributed by atoms with Gasteiger partial charge in [-0.1, -0.05) is 22.8 Å². The average molecular weight is 572 g/mol. The maximum Gasteiger partial charge on any atom is 0.227 e. The lowest BCUT2D eigenvalue weighted by atomic mass is 10.00. The topological polar surface area (TPSA) is 95.3 Å². The maximum absolute atomic E-state index is 14.1. The number of hydrogen-bond donors (Lipinski definition) is 1. The van der Waals surface area contributed by atoms with Crippen molar-refractivity contribution in [1.29, 1.82) is 0 Å². The molecule has 0 radical (unpaired) electrons. The van der Waals surface area contributed by atoms with Crippen LogP contribution in [0.3, 0.4) is 0 Å². The second-order valence-corrected chi connectivity index (χ2v) is 11.7. The van der Waals surface area contributed by atoms with E-state index in [4.69, 9.17) is 21.1 Å². The molecular weight excluding hydrogens is 541 g/mol. The summed E-state index contributed by atoms with van der Waals surface area (Å²) < 4.78 is 32.1. The molecule has 1 amide bonds. The molecule has 1 N–H and O–H groups in total. The standard InChI is InChI=1S/C23H20ClFN4O2.C5H11NOS/c1-12-22(13(2)31-28-12)14-6-9-18-19(10-14)27-23(26-18)20-4-3-5-21(30)29(20)15-7-8-16(24)17(25)11-15;1-8(7)6-4-2-3-5-6/h6-11,20H,3-5H2,1-2H3,(H,26,27);2-5H2,1H3/t20-;/m0./s1. The van der Waals surface area contributed by atoms with Gasteiger partial charge in [-0.2, -0.15) is 0 Å². The van der Waals surface area contributed by atoms with Gasteiger partial charge < -0.3 is 14.4 Å². The first kappa shape index (κ1) is 27.5. The number of benzene rings is 2. The van der Waals surface area contributed by atoms with Gasteiger partial charge >= 0.3 is 0 Å². The molecule has 2 aliphatic heterocycles. The summed E-state index contributed by atoms with van der Waals surface area (Å²) in [4.78, 5) is 22.5. The summed E-state index contributed by atoms with van der Waals surface area (Å²) in [6.07, 6.45) is 6.08. The fourth-order valence-corrected chi connectivity index (χ4v) is 6.16. The van der Waals surface area contributed by atoms with Gasteiger partial charge in [0, 0.05) is 37.0 Å². The van der Waals surface area contributed by atoms with E-state index >= 15 is 0 Å². The molecule has 0 saturated carbocycles.